The van der Waals surface area contributed by atoms with Gasteiger partial charge in [-0.05, 0) is 18.6 Å². The highest BCUT2D eigenvalue weighted by molar-refractivity contribution is 5.70. The molecule has 1 aromatic rings. The van der Waals surface area contributed by atoms with E-state index in [4.69, 9.17) is 5.11 Å². The predicted molar refractivity (Wildman–Crippen MR) is 52.0 cm³/mol. The monoisotopic (exact) mass is 190 g/mol. The zero-order valence-corrected chi connectivity index (χ0v) is 7.74. The van der Waals surface area contributed by atoms with Crippen molar-refractivity contribution >= 4 is 5.97 Å². The molecule has 3 nitrogen and oxygen atoms in total. The summed E-state index contributed by atoms with van der Waals surface area (Å²) < 4.78 is 0. The summed E-state index contributed by atoms with van der Waals surface area (Å²) in [7, 11) is 0. The van der Waals surface area contributed by atoms with Crippen LogP contribution in [0.15, 0.2) is 18.2 Å². The summed E-state index contributed by atoms with van der Waals surface area (Å²) in [6, 6.07) is 5.05. The van der Waals surface area contributed by atoms with Gasteiger partial charge >= 0.3 is 5.97 Å². The molecule has 0 aliphatic rings. The molecule has 0 heterocycles. The van der Waals surface area contributed by atoms with E-state index in [1.165, 1.54) is 6.07 Å². The zero-order chi connectivity index (χ0) is 10.6. The van der Waals surface area contributed by atoms with Gasteiger partial charge in [-0.2, -0.15) is 0 Å². The van der Waals surface area contributed by atoms with Crippen LogP contribution in [0.5, 0.6) is 5.75 Å². The number of carboxylic acids is 1. The molecule has 0 unspecified atom stereocenters. The van der Waals surface area contributed by atoms with Gasteiger partial charge in [0.25, 0.3) is 0 Å². The molecule has 0 fully saturated rings. The van der Waals surface area contributed by atoms with Gasteiger partial charge in [0, 0.05) is 0 Å². The van der Waals surface area contributed by atoms with E-state index in [9.17, 15) is 9.90 Å². The van der Waals surface area contributed by atoms with Crippen molar-refractivity contribution in [3.8, 4) is 17.6 Å². The zero-order valence-electron chi connectivity index (χ0n) is 7.74. The highest BCUT2D eigenvalue weighted by Crippen LogP contribution is 2.18. The number of benzene rings is 1. The van der Waals surface area contributed by atoms with Crippen LogP contribution in [0.25, 0.3) is 0 Å². The van der Waals surface area contributed by atoms with E-state index in [-0.39, 0.29) is 12.2 Å². The molecule has 0 aromatic heterocycles. The number of phenolic OH excluding ortho intramolecular Hbond substituents is 1. The smallest absolute Gasteiger partial charge is 0.315 e. The van der Waals surface area contributed by atoms with Crippen LogP contribution < -0.4 is 0 Å². The molecule has 0 radical (unpaired) electrons. The quantitative estimate of drug-likeness (QED) is 0.660. The average molecular weight is 190 g/mol. The molecule has 0 aliphatic heterocycles. The first-order valence-electron chi connectivity index (χ1n) is 4.10. The first-order valence-corrected chi connectivity index (χ1v) is 4.10. The minimum Gasteiger partial charge on any atom is -0.507 e. The van der Waals surface area contributed by atoms with Crippen molar-refractivity contribution in [3.63, 3.8) is 0 Å². The standard InChI is InChI=1S/C11H10O3/c1-8-4-2-6-10(12)9(8)5-3-7-11(13)14/h2,4,6,12H,7H2,1H3,(H,13,14). The summed E-state index contributed by atoms with van der Waals surface area (Å²) >= 11 is 0. The average Bonchev–Trinajstić information content (AvgIpc) is 2.09. The number of carbonyl (C=O) groups is 1. The number of aliphatic carboxylic acids is 1. The van der Waals surface area contributed by atoms with Gasteiger partial charge in [-0.1, -0.05) is 24.0 Å². The SMILES string of the molecule is Cc1cccc(O)c1C#CCC(=O)O. The fourth-order valence-electron chi connectivity index (χ4n) is 1.02. The normalized spacial score (nSPS) is 8.93. The lowest BCUT2D eigenvalue weighted by molar-refractivity contribution is -0.135. The van der Waals surface area contributed by atoms with E-state index < -0.39 is 5.97 Å². The first-order chi connectivity index (χ1) is 6.61. The third kappa shape index (κ3) is 2.53. The Morgan fingerprint density at radius 1 is 1.50 bits per heavy atom. The second-order valence-corrected chi connectivity index (χ2v) is 2.84. The molecular formula is C11H10O3. The van der Waals surface area contributed by atoms with Gasteiger partial charge < -0.3 is 10.2 Å². The summed E-state index contributed by atoms with van der Waals surface area (Å²) in [5, 5.41) is 17.8. The van der Waals surface area contributed by atoms with E-state index in [1.807, 2.05) is 13.0 Å². The topological polar surface area (TPSA) is 57.5 Å². The minimum absolute atomic E-state index is 0.0860. The maximum absolute atomic E-state index is 10.2. The van der Waals surface area contributed by atoms with Crippen molar-refractivity contribution in [2.75, 3.05) is 0 Å². The summed E-state index contributed by atoms with van der Waals surface area (Å²) in [5.41, 5.74) is 1.33. The number of rotatable bonds is 1. The van der Waals surface area contributed by atoms with Gasteiger partial charge in [0.1, 0.15) is 12.2 Å². The van der Waals surface area contributed by atoms with Gasteiger partial charge in [-0.15, -0.1) is 0 Å². The Bertz CT molecular complexity index is 390. The van der Waals surface area contributed by atoms with E-state index in [1.54, 1.807) is 6.07 Å². The largest absolute Gasteiger partial charge is 0.507 e. The number of hydrogen-bond acceptors (Lipinski definition) is 2. The molecule has 1 rings (SSSR count). The molecule has 0 bridgehead atoms. The molecule has 0 saturated carbocycles. The van der Waals surface area contributed by atoms with Crippen molar-refractivity contribution in [2.45, 2.75) is 13.3 Å². The van der Waals surface area contributed by atoms with Gasteiger partial charge in [-0.25, -0.2) is 0 Å². The van der Waals surface area contributed by atoms with E-state index in [2.05, 4.69) is 11.8 Å². The summed E-state index contributed by atoms with van der Waals surface area (Å²) in [4.78, 5) is 10.2. The van der Waals surface area contributed by atoms with Crippen LogP contribution >= 0.6 is 0 Å². The Labute approximate surface area is 82.0 Å². The minimum atomic E-state index is -0.967. The van der Waals surface area contributed by atoms with Crippen molar-refractivity contribution < 1.29 is 15.0 Å². The Morgan fingerprint density at radius 3 is 2.79 bits per heavy atom. The summed E-state index contributed by atoms with van der Waals surface area (Å²) in [6.07, 6.45) is -0.215. The Kier molecular flexibility index (Phi) is 3.14. The Hall–Kier alpha value is -1.95. The molecule has 2 N–H and O–H groups in total. The third-order valence-corrected chi connectivity index (χ3v) is 1.70. The fraction of sp³-hybridized carbons (Fsp3) is 0.182. The summed E-state index contributed by atoms with van der Waals surface area (Å²) in [6.45, 7) is 1.81. The second-order valence-electron chi connectivity index (χ2n) is 2.84. The number of aryl methyl sites for hydroxylation is 1. The third-order valence-electron chi connectivity index (χ3n) is 1.70. The van der Waals surface area contributed by atoms with Crippen LogP contribution in [-0.4, -0.2) is 16.2 Å². The van der Waals surface area contributed by atoms with Gasteiger partial charge in [0.15, 0.2) is 0 Å². The van der Waals surface area contributed by atoms with Gasteiger partial charge in [0.05, 0.1) is 5.56 Å². The molecule has 0 atom stereocenters. The Morgan fingerprint density at radius 2 is 2.21 bits per heavy atom. The number of carboxylic acid groups (broad SMARTS) is 1. The highest BCUT2D eigenvalue weighted by Gasteiger charge is 1.99. The van der Waals surface area contributed by atoms with Crippen LogP contribution in [-0.2, 0) is 4.79 Å². The number of hydrogen-bond donors (Lipinski definition) is 2. The number of phenols is 1. The Balaban J connectivity index is 2.94. The van der Waals surface area contributed by atoms with Crippen LogP contribution in [0.3, 0.4) is 0 Å². The lowest BCUT2D eigenvalue weighted by Gasteiger charge is -1.99. The maximum Gasteiger partial charge on any atom is 0.315 e. The van der Waals surface area contributed by atoms with E-state index in [0.29, 0.717) is 5.56 Å². The van der Waals surface area contributed by atoms with E-state index in [0.717, 1.165) is 5.56 Å². The van der Waals surface area contributed by atoms with Crippen molar-refractivity contribution in [3.05, 3.63) is 29.3 Å². The van der Waals surface area contributed by atoms with Crippen molar-refractivity contribution in [2.24, 2.45) is 0 Å². The molecule has 0 saturated heterocycles. The molecule has 1 aromatic carbocycles. The second kappa shape index (κ2) is 4.33. The van der Waals surface area contributed by atoms with Crippen LogP contribution in [0.2, 0.25) is 0 Å². The maximum atomic E-state index is 10.2. The number of aromatic hydroxyl groups is 1. The molecule has 14 heavy (non-hydrogen) atoms. The van der Waals surface area contributed by atoms with E-state index >= 15 is 0 Å². The summed E-state index contributed by atoms with van der Waals surface area (Å²) in [5.74, 6) is 4.22. The molecule has 72 valence electrons. The van der Waals surface area contributed by atoms with Gasteiger partial charge in [0.2, 0.25) is 0 Å². The molecule has 3 heteroatoms. The lowest BCUT2D eigenvalue weighted by atomic mass is 10.1. The molecule has 0 amide bonds. The first kappa shape index (κ1) is 10.1. The fourth-order valence-corrected chi connectivity index (χ4v) is 1.02. The predicted octanol–water partition coefficient (Wildman–Crippen LogP) is 1.53. The van der Waals surface area contributed by atoms with Crippen molar-refractivity contribution in [1.29, 1.82) is 0 Å². The van der Waals surface area contributed by atoms with Gasteiger partial charge in [-0.3, -0.25) is 4.79 Å². The van der Waals surface area contributed by atoms with Crippen LogP contribution in [0, 0.1) is 18.8 Å². The van der Waals surface area contributed by atoms with Crippen LogP contribution in [0.1, 0.15) is 17.5 Å². The molecule has 0 spiro atoms. The molecular weight excluding hydrogens is 180 g/mol. The lowest BCUT2D eigenvalue weighted by Crippen LogP contribution is -1.90. The van der Waals surface area contributed by atoms with Crippen LogP contribution in [0.4, 0.5) is 0 Å². The highest BCUT2D eigenvalue weighted by atomic mass is 16.4. The molecule has 0 aliphatic carbocycles. The van der Waals surface area contributed by atoms with Crippen molar-refractivity contribution in [1.82, 2.24) is 0 Å².